The van der Waals surface area contributed by atoms with Crippen LogP contribution in [0.2, 0.25) is 0 Å². The molecule has 1 atom stereocenters. The van der Waals surface area contributed by atoms with Crippen LogP contribution in [0.3, 0.4) is 0 Å². The van der Waals surface area contributed by atoms with Gasteiger partial charge >= 0.3 is 5.97 Å². The number of rotatable bonds is 4. The maximum Gasteiger partial charge on any atom is 0.337 e. The summed E-state index contributed by atoms with van der Waals surface area (Å²) in [6.07, 6.45) is 0. The lowest BCUT2D eigenvalue weighted by molar-refractivity contribution is -0.136. The van der Waals surface area contributed by atoms with Crippen molar-refractivity contribution in [1.29, 1.82) is 0 Å². The van der Waals surface area contributed by atoms with Crippen LogP contribution in [0.15, 0.2) is 27.9 Å². The van der Waals surface area contributed by atoms with Crippen molar-refractivity contribution < 1.29 is 19.0 Å². The molecule has 1 aliphatic rings. The van der Waals surface area contributed by atoms with Crippen molar-refractivity contribution in [3.8, 4) is 11.5 Å². The van der Waals surface area contributed by atoms with E-state index in [0.29, 0.717) is 27.9 Å². The average Bonchev–Trinajstić information content (AvgIpc) is 2.53. The number of thiocarbonyl (C=S) groups is 1. The lowest BCUT2D eigenvalue weighted by Crippen LogP contribution is -2.45. The molecule has 1 heterocycles. The summed E-state index contributed by atoms with van der Waals surface area (Å²) in [7, 11) is 4.46. The highest BCUT2D eigenvalue weighted by molar-refractivity contribution is 9.10. The zero-order valence-corrected chi connectivity index (χ0v) is 15.6. The molecule has 1 aromatic carbocycles. The van der Waals surface area contributed by atoms with E-state index in [1.807, 2.05) is 0 Å². The molecule has 23 heavy (non-hydrogen) atoms. The number of nitrogens with one attached hydrogen (secondary N) is 2. The van der Waals surface area contributed by atoms with Gasteiger partial charge in [0, 0.05) is 10.2 Å². The molecule has 0 bridgehead atoms. The summed E-state index contributed by atoms with van der Waals surface area (Å²) in [5.74, 6) is 0.704. The predicted molar refractivity (Wildman–Crippen MR) is 93.6 cm³/mol. The second kappa shape index (κ2) is 7.18. The minimum atomic E-state index is -0.467. The SMILES string of the molecule is COC(=O)C1=C(C)NC(=S)N[C@@H]1c1cc(OC)c(OC)cc1Br. The van der Waals surface area contributed by atoms with E-state index >= 15 is 0 Å². The molecule has 0 aromatic heterocycles. The van der Waals surface area contributed by atoms with Crippen molar-refractivity contribution >= 4 is 39.2 Å². The van der Waals surface area contributed by atoms with Gasteiger partial charge in [-0.05, 0) is 36.8 Å². The summed E-state index contributed by atoms with van der Waals surface area (Å²) >= 11 is 8.72. The van der Waals surface area contributed by atoms with E-state index in [1.165, 1.54) is 7.11 Å². The summed E-state index contributed by atoms with van der Waals surface area (Å²) in [6.45, 7) is 1.78. The number of esters is 1. The van der Waals surface area contributed by atoms with Gasteiger partial charge in [-0.3, -0.25) is 0 Å². The Kier molecular flexibility index (Phi) is 5.48. The molecule has 2 rings (SSSR count). The van der Waals surface area contributed by atoms with E-state index in [9.17, 15) is 4.79 Å². The fourth-order valence-corrected chi connectivity index (χ4v) is 3.22. The van der Waals surface area contributed by atoms with E-state index in [1.54, 1.807) is 33.3 Å². The number of hydrogen-bond donors (Lipinski definition) is 2. The fraction of sp³-hybridized carbons (Fsp3) is 0.333. The first kappa shape index (κ1) is 17.6. The Balaban J connectivity index is 2.60. The van der Waals surface area contributed by atoms with E-state index in [-0.39, 0.29) is 0 Å². The first-order valence-corrected chi connectivity index (χ1v) is 7.91. The Labute approximate surface area is 148 Å². The van der Waals surface area contributed by atoms with Gasteiger partial charge in [-0.15, -0.1) is 0 Å². The molecule has 1 aromatic rings. The first-order valence-electron chi connectivity index (χ1n) is 6.71. The monoisotopic (exact) mass is 400 g/mol. The molecule has 0 amide bonds. The van der Waals surface area contributed by atoms with E-state index in [2.05, 4.69) is 26.6 Å². The molecule has 0 spiro atoms. The maximum absolute atomic E-state index is 12.2. The van der Waals surface area contributed by atoms with Crippen molar-refractivity contribution in [2.45, 2.75) is 13.0 Å². The van der Waals surface area contributed by atoms with Crippen LogP contribution in [0.1, 0.15) is 18.5 Å². The molecule has 1 aliphatic heterocycles. The van der Waals surface area contributed by atoms with Crippen LogP contribution in [0.4, 0.5) is 0 Å². The molecule has 0 fully saturated rings. The summed E-state index contributed by atoms with van der Waals surface area (Å²) < 4.78 is 16.3. The fourth-order valence-electron chi connectivity index (χ4n) is 2.40. The molecule has 0 radical (unpaired) electrons. The number of allylic oxidation sites excluding steroid dienone is 1. The van der Waals surface area contributed by atoms with E-state index in [0.717, 1.165) is 10.0 Å². The quantitative estimate of drug-likeness (QED) is 0.593. The largest absolute Gasteiger partial charge is 0.493 e. The molecular formula is C15H17BrN2O4S. The number of hydrogen-bond acceptors (Lipinski definition) is 5. The molecule has 124 valence electrons. The molecule has 6 nitrogen and oxygen atoms in total. The standard InChI is InChI=1S/C15H17BrN2O4S/c1-7-12(14(19)22-4)13(18-15(23)17-7)8-5-10(20-2)11(21-3)6-9(8)16/h5-6,13H,1-4H3,(H2,17,18,23)/t13-/m1/s1. The Morgan fingerprint density at radius 2 is 1.83 bits per heavy atom. The van der Waals surface area contributed by atoms with E-state index < -0.39 is 12.0 Å². The van der Waals surface area contributed by atoms with Gasteiger partial charge in [-0.2, -0.15) is 0 Å². The van der Waals surface area contributed by atoms with Gasteiger partial charge in [0.05, 0.1) is 32.9 Å². The Morgan fingerprint density at radius 3 is 2.39 bits per heavy atom. The van der Waals surface area contributed by atoms with Crippen molar-refractivity contribution in [2.75, 3.05) is 21.3 Å². The Hall–Kier alpha value is -1.80. The smallest absolute Gasteiger partial charge is 0.337 e. The third kappa shape index (κ3) is 3.42. The molecule has 2 N–H and O–H groups in total. The third-order valence-corrected chi connectivity index (χ3v) is 4.39. The zero-order chi connectivity index (χ0) is 17.1. The first-order chi connectivity index (χ1) is 10.9. The number of halogens is 1. The lowest BCUT2D eigenvalue weighted by atomic mass is 9.95. The third-order valence-electron chi connectivity index (χ3n) is 3.49. The molecule has 0 saturated carbocycles. The van der Waals surface area contributed by atoms with Crippen LogP contribution >= 0.6 is 28.1 Å². The second-order valence-corrected chi connectivity index (χ2v) is 6.05. The normalized spacial score (nSPS) is 17.3. The zero-order valence-electron chi connectivity index (χ0n) is 13.2. The molecular weight excluding hydrogens is 384 g/mol. The van der Waals surface area contributed by atoms with E-state index in [4.69, 9.17) is 26.4 Å². The minimum absolute atomic E-state index is 0.432. The van der Waals surface area contributed by atoms with Crippen molar-refractivity contribution in [3.05, 3.63) is 33.4 Å². The van der Waals surface area contributed by atoms with Crippen molar-refractivity contribution in [2.24, 2.45) is 0 Å². The topological polar surface area (TPSA) is 68.8 Å². The van der Waals surface area contributed by atoms with Gasteiger partial charge in [0.15, 0.2) is 16.6 Å². The van der Waals surface area contributed by atoms with Gasteiger partial charge in [0.25, 0.3) is 0 Å². The molecule has 8 heteroatoms. The highest BCUT2D eigenvalue weighted by Gasteiger charge is 2.32. The van der Waals surface area contributed by atoms with Gasteiger partial charge in [0.1, 0.15) is 0 Å². The van der Waals surface area contributed by atoms with Crippen LogP contribution in [-0.4, -0.2) is 32.4 Å². The summed E-state index contributed by atoms with van der Waals surface area (Å²) in [6, 6.07) is 3.11. The lowest BCUT2D eigenvalue weighted by Gasteiger charge is -2.30. The number of carbonyl (C=O) groups excluding carboxylic acids is 1. The van der Waals surface area contributed by atoms with Crippen LogP contribution in [0.5, 0.6) is 11.5 Å². The van der Waals surface area contributed by atoms with Gasteiger partial charge in [-0.25, -0.2) is 4.79 Å². The number of benzene rings is 1. The number of methoxy groups -OCH3 is 3. The minimum Gasteiger partial charge on any atom is -0.493 e. The van der Waals surface area contributed by atoms with Crippen LogP contribution in [0, 0.1) is 0 Å². The Bertz CT molecular complexity index is 690. The summed E-state index contributed by atoms with van der Waals surface area (Å²) in [5.41, 5.74) is 1.88. The highest BCUT2D eigenvalue weighted by Crippen LogP contribution is 2.39. The van der Waals surface area contributed by atoms with Crippen molar-refractivity contribution in [3.63, 3.8) is 0 Å². The van der Waals surface area contributed by atoms with Gasteiger partial charge in [0.2, 0.25) is 0 Å². The molecule has 0 unspecified atom stereocenters. The average molecular weight is 401 g/mol. The van der Waals surface area contributed by atoms with Gasteiger partial charge in [-0.1, -0.05) is 15.9 Å². The van der Waals surface area contributed by atoms with Gasteiger partial charge < -0.3 is 24.8 Å². The van der Waals surface area contributed by atoms with Crippen molar-refractivity contribution in [1.82, 2.24) is 10.6 Å². The highest BCUT2D eigenvalue weighted by atomic mass is 79.9. The molecule has 0 aliphatic carbocycles. The number of carbonyl (C=O) groups is 1. The second-order valence-electron chi connectivity index (χ2n) is 4.79. The van der Waals surface area contributed by atoms with Crippen LogP contribution in [-0.2, 0) is 9.53 Å². The number of ether oxygens (including phenoxy) is 3. The molecule has 0 saturated heterocycles. The van der Waals surface area contributed by atoms with Crippen LogP contribution in [0.25, 0.3) is 0 Å². The maximum atomic E-state index is 12.2. The van der Waals surface area contributed by atoms with Crippen LogP contribution < -0.4 is 20.1 Å². The Morgan fingerprint density at radius 1 is 1.22 bits per heavy atom. The summed E-state index contributed by atoms with van der Waals surface area (Å²) in [5, 5.41) is 6.47. The predicted octanol–water partition coefficient (Wildman–Crippen LogP) is 2.43. The summed E-state index contributed by atoms with van der Waals surface area (Å²) in [4.78, 5) is 12.2.